The molecule has 0 amide bonds. The second kappa shape index (κ2) is 18.1. The average Bonchev–Trinajstić information content (AvgIpc) is 2.71. The summed E-state index contributed by atoms with van der Waals surface area (Å²) in [5.74, 6) is 0.748. The van der Waals surface area contributed by atoms with Gasteiger partial charge >= 0.3 is 0 Å². The van der Waals surface area contributed by atoms with Crippen LogP contribution in [0.4, 0.5) is 0 Å². The highest BCUT2D eigenvalue weighted by Gasteiger charge is 2.10. The Kier molecular flexibility index (Phi) is 15.9. The van der Waals surface area contributed by atoms with Crippen molar-refractivity contribution < 1.29 is 9.53 Å². The van der Waals surface area contributed by atoms with E-state index in [1.54, 1.807) is 5.56 Å². The predicted octanol–water partition coefficient (Wildman–Crippen LogP) is 7.81. The molecule has 0 fully saturated rings. The van der Waals surface area contributed by atoms with E-state index in [0.29, 0.717) is 13.1 Å². The third-order valence-electron chi connectivity index (χ3n) is 5.56. The summed E-state index contributed by atoms with van der Waals surface area (Å²) in [6.07, 6.45) is 19.8. The first-order valence-electron chi connectivity index (χ1n) is 11.5. The SMILES string of the molecule is CCCCCCCCC(CCCCCCCCCOC=O)c1ccccc1. The number of ether oxygens (including phenoxy) is 1. The van der Waals surface area contributed by atoms with Crippen molar-refractivity contribution in [3.63, 3.8) is 0 Å². The third kappa shape index (κ3) is 13.5. The molecule has 2 nitrogen and oxygen atoms in total. The van der Waals surface area contributed by atoms with Gasteiger partial charge in [0.05, 0.1) is 6.61 Å². The Morgan fingerprint density at radius 1 is 0.741 bits per heavy atom. The largest absolute Gasteiger partial charge is 0.468 e. The Bertz CT molecular complexity index is 429. The summed E-state index contributed by atoms with van der Waals surface area (Å²) in [5.41, 5.74) is 1.54. The molecule has 0 aliphatic heterocycles. The summed E-state index contributed by atoms with van der Waals surface area (Å²) in [7, 11) is 0. The van der Waals surface area contributed by atoms with Crippen LogP contribution in [0.15, 0.2) is 30.3 Å². The van der Waals surface area contributed by atoms with Crippen molar-refractivity contribution in [2.75, 3.05) is 6.61 Å². The second-order valence-corrected chi connectivity index (χ2v) is 7.89. The lowest BCUT2D eigenvalue weighted by Gasteiger charge is -2.17. The van der Waals surface area contributed by atoms with E-state index in [-0.39, 0.29) is 0 Å². The molecule has 1 rings (SSSR count). The molecular weight excluding hydrogens is 332 g/mol. The van der Waals surface area contributed by atoms with Crippen LogP contribution in [-0.2, 0) is 9.53 Å². The van der Waals surface area contributed by atoms with Crippen molar-refractivity contribution in [3.8, 4) is 0 Å². The van der Waals surface area contributed by atoms with E-state index >= 15 is 0 Å². The van der Waals surface area contributed by atoms with E-state index in [2.05, 4.69) is 37.3 Å². The van der Waals surface area contributed by atoms with Crippen LogP contribution in [-0.4, -0.2) is 13.1 Å². The summed E-state index contributed by atoms with van der Waals surface area (Å²) in [6, 6.07) is 11.2. The van der Waals surface area contributed by atoms with E-state index < -0.39 is 0 Å². The van der Waals surface area contributed by atoms with Crippen molar-refractivity contribution in [1.29, 1.82) is 0 Å². The highest BCUT2D eigenvalue weighted by Crippen LogP contribution is 2.28. The molecule has 1 aromatic carbocycles. The highest BCUT2D eigenvalue weighted by atomic mass is 16.5. The molecule has 0 aliphatic rings. The van der Waals surface area contributed by atoms with E-state index in [0.717, 1.165) is 12.3 Å². The van der Waals surface area contributed by atoms with Gasteiger partial charge in [-0.05, 0) is 30.7 Å². The van der Waals surface area contributed by atoms with Crippen LogP contribution in [0.3, 0.4) is 0 Å². The predicted molar refractivity (Wildman–Crippen MR) is 116 cm³/mol. The van der Waals surface area contributed by atoms with Gasteiger partial charge in [-0.15, -0.1) is 0 Å². The molecule has 0 saturated heterocycles. The van der Waals surface area contributed by atoms with Crippen molar-refractivity contribution in [2.45, 2.75) is 109 Å². The molecule has 0 spiro atoms. The fourth-order valence-electron chi connectivity index (χ4n) is 3.88. The maximum atomic E-state index is 10.1. The summed E-state index contributed by atoms with van der Waals surface area (Å²) < 4.78 is 4.73. The van der Waals surface area contributed by atoms with Gasteiger partial charge in [-0.3, -0.25) is 4.79 Å². The number of hydrogen-bond donors (Lipinski definition) is 0. The summed E-state index contributed by atoms with van der Waals surface area (Å²) in [4.78, 5) is 10.1. The van der Waals surface area contributed by atoms with Crippen molar-refractivity contribution in [1.82, 2.24) is 0 Å². The van der Waals surface area contributed by atoms with Crippen LogP contribution in [0.5, 0.6) is 0 Å². The molecule has 1 atom stereocenters. The van der Waals surface area contributed by atoms with Crippen molar-refractivity contribution in [2.24, 2.45) is 0 Å². The lowest BCUT2D eigenvalue weighted by Crippen LogP contribution is -2.00. The van der Waals surface area contributed by atoms with Gasteiger partial charge in [0.15, 0.2) is 0 Å². The van der Waals surface area contributed by atoms with E-state index in [1.807, 2.05) is 0 Å². The van der Waals surface area contributed by atoms with Gasteiger partial charge in [-0.25, -0.2) is 0 Å². The first-order chi connectivity index (χ1) is 13.4. The van der Waals surface area contributed by atoms with Gasteiger partial charge in [0.1, 0.15) is 0 Å². The molecule has 0 aliphatic carbocycles. The Hall–Kier alpha value is -1.31. The van der Waals surface area contributed by atoms with Crippen LogP contribution in [0.25, 0.3) is 0 Å². The zero-order valence-electron chi connectivity index (χ0n) is 17.7. The van der Waals surface area contributed by atoms with Crippen LogP contribution in [0.2, 0.25) is 0 Å². The summed E-state index contributed by atoms with van der Waals surface area (Å²) in [5, 5.41) is 0. The molecule has 1 unspecified atom stereocenters. The maximum Gasteiger partial charge on any atom is 0.293 e. The number of unbranched alkanes of at least 4 members (excludes halogenated alkanes) is 11. The Morgan fingerprint density at radius 2 is 1.26 bits per heavy atom. The minimum Gasteiger partial charge on any atom is -0.468 e. The zero-order chi connectivity index (χ0) is 19.4. The number of carbonyl (C=O) groups excluding carboxylic acids is 1. The molecule has 0 N–H and O–H groups in total. The number of hydrogen-bond acceptors (Lipinski definition) is 2. The molecule has 27 heavy (non-hydrogen) atoms. The maximum absolute atomic E-state index is 10.1. The van der Waals surface area contributed by atoms with E-state index in [9.17, 15) is 4.79 Å². The fourth-order valence-corrected chi connectivity index (χ4v) is 3.88. The van der Waals surface area contributed by atoms with Crippen LogP contribution in [0, 0.1) is 0 Å². The number of benzene rings is 1. The molecular formula is C25H42O2. The van der Waals surface area contributed by atoms with Gasteiger partial charge in [-0.2, -0.15) is 0 Å². The zero-order valence-corrected chi connectivity index (χ0v) is 17.7. The van der Waals surface area contributed by atoms with Gasteiger partial charge in [-0.1, -0.05) is 114 Å². The molecule has 1 aromatic rings. The summed E-state index contributed by atoms with van der Waals surface area (Å²) >= 11 is 0. The normalized spacial score (nSPS) is 12.0. The highest BCUT2D eigenvalue weighted by molar-refractivity contribution is 5.36. The van der Waals surface area contributed by atoms with Crippen LogP contribution < -0.4 is 0 Å². The smallest absolute Gasteiger partial charge is 0.293 e. The Balaban J connectivity index is 2.15. The van der Waals surface area contributed by atoms with Crippen molar-refractivity contribution in [3.05, 3.63) is 35.9 Å². The Labute approximate surface area is 168 Å². The minimum absolute atomic E-state index is 0.550. The standard InChI is InChI=1S/C25H42O2/c1-2-3-4-5-9-13-18-24(25-20-15-12-16-21-25)19-14-10-7-6-8-11-17-22-27-23-26/h12,15-16,20-21,23-24H,2-11,13-14,17-19,22H2,1H3. The lowest BCUT2D eigenvalue weighted by atomic mass is 9.88. The molecule has 2 heteroatoms. The summed E-state index contributed by atoms with van der Waals surface area (Å²) in [6.45, 7) is 3.42. The number of rotatable bonds is 19. The van der Waals surface area contributed by atoms with Crippen LogP contribution >= 0.6 is 0 Å². The average molecular weight is 375 g/mol. The van der Waals surface area contributed by atoms with Crippen LogP contribution in [0.1, 0.15) is 115 Å². The van der Waals surface area contributed by atoms with Gasteiger partial charge < -0.3 is 4.74 Å². The molecule has 0 radical (unpaired) electrons. The van der Waals surface area contributed by atoms with Gasteiger partial charge in [0.2, 0.25) is 0 Å². The third-order valence-corrected chi connectivity index (χ3v) is 5.56. The Morgan fingerprint density at radius 3 is 1.81 bits per heavy atom. The van der Waals surface area contributed by atoms with E-state index in [4.69, 9.17) is 4.74 Å². The lowest BCUT2D eigenvalue weighted by molar-refractivity contribution is -0.128. The topological polar surface area (TPSA) is 26.3 Å². The fraction of sp³-hybridized carbons (Fsp3) is 0.720. The number of carbonyl (C=O) groups is 1. The monoisotopic (exact) mass is 374 g/mol. The van der Waals surface area contributed by atoms with E-state index in [1.165, 1.54) is 89.9 Å². The molecule has 0 saturated carbocycles. The van der Waals surface area contributed by atoms with Gasteiger partial charge in [0.25, 0.3) is 6.47 Å². The molecule has 154 valence electrons. The minimum atomic E-state index is 0.550. The van der Waals surface area contributed by atoms with Gasteiger partial charge in [0, 0.05) is 0 Å². The van der Waals surface area contributed by atoms with Crippen molar-refractivity contribution >= 4 is 6.47 Å². The molecule has 0 bridgehead atoms. The molecule has 0 heterocycles. The molecule has 0 aromatic heterocycles. The second-order valence-electron chi connectivity index (χ2n) is 7.89. The first kappa shape index (κ1) is 23.7. The quantitative estimate of drug-likeness (QED) is 0.182. The first-order valence-corrected chi connectivity index (χ1v) is 11.5.